The molecule has 2 heterocycles. The number of morpholine rings is 1. The van der Waals surface area contributed by atoms with Crippen LogP contribution in [-0.2, 0) is 4.74 Å². The van der Waals surface area contributed by atoms with Crippen LogP contribution in [0.3, 0.4) is 0 Å². The number of hydrogen-bond acceptors (Lipinski definition) is 4. The fourth-order valence-electron chi connectivity index (χ4n) is 2.72. The summed E-state index contributed by atoms with van der Waals surface area (Å²) in [4.78, 5) is 6.74. The number of nitrogens with two attached hydrogens (primary N) is 1. The summed E-state index contributed by atoms with van der Waals surface area (Å²) in [5.41, 5.74) is 8.93. The van der Waals surface area contributed by atoms with E-state index in [2.05, 4.69) is 29.8 Å². The fourth-order valence-corrected chi connectivity index (χ4v) is 2.72. The highest BCUT2D eigenvalue weighted by Gasteiger charge is 2.32. The second-order valence-corrected chi connectivity index (χ2v) is 5.60. The zero-order valence-corrected chi connectivity index (χ0v) is 11.4. The average Bonchev–Trinajstić information content (AvgIpc) is 2.39. The maximum atomic E-state index is 6.19. The van der Waals surface area contributed by atoms with Crippen molar-refractivity contribution in [1.82, 2.24) is 4.98 Å². The summed E-state index contributed by atoms with van der Waals surface area (Å²) in [5, 5.41) is 1.11. The van der Waals surface area contributed by atoms with E-state index < -0.39 is 0 Å². The first-order chi connectivity index (χ1) is 9.09. The van der Waals surface area contributed by atoms with Crippen LogP contribution in [0.2, 0.25) is 0 Å². The summed E-state index contributed by atoms with van der Waals surface area (Å²) in [6.45, 7) is 6.66. The Hall–Kier alpha value is -1.81. The maximum Gasteiger partial charge on any atom is 0.0745 e. The molecule has 0 unspecified atom stereocenters. The van der Waals surface area contributed by atoms with E-state index in [1.54, 1.807) is 6.20 Å². The highest BCUT2D eigenvalue weighted by Crippen LogP contribution is 2.36. The number of rotatable bonds is 1. The van der Waals surface area contributed by atoms with Gasteiger partial charge in [-0.3, -0.25) is 4.98 Å². The Balaban J connectivity index is 2.21. The molecule has 1 aliphatic heterocycles. The van der Waals surface area contributed by atoms with Crippen molar-refractivity contribution in [2.75, 3.05) is 30.4 Å². The van der Waals surface area contributed by atoms with Gasteiger partial charge >= 0.3 is 0 Å². The first-order valence-electron chi connectivity index (χ1n) is 6.58. The summed E-state index contributed by atoms with van der Waals surface area (Å²) in [6, 6.07) is 8.13. The van der Waals surface area contributed by atoms with E-state index >= 15 is 0 Å². The van der Waals surface area contributed by atoms with E-state index in [0.717, 1.165) is 35.4 Å². The summed E-state index contributed by atoms with van der Waals surface area (Å²) in [6.07, 6.45) is 1.75. The fraction of sp³-hybridized carbons (Fsp3) is 0.400. The van der Waals surface area contributed by atoms with Crippen molar-refractivity contribution in [3.63, 3.8) is 0 Å². The predicted molar refractivity (Wildman–Crippen MR) is 78.4 cm³/mol. The number of aromatic nitrogens is 1. The molecular formula is C15H19N3O. The molecule has 1 aromatic heterocycles. The van der Waals surface area contributed by atoms with Crippen LogP contribution in [0, 0.1) is 0 Å². The molecule has 1 aliphatic rings. The van der Waals surface area contributed by atoms with Crippen molar-refractivity contribution in [3.8, 4) is 0 Å². The molecule has 0 spiro atoms. The minimum atomic E-state index is -0.0590. The van der Waals surface area contributed by atoms with Crippen LogP contribution in [0.15, 0.2) is 30.5 Å². The second-order valence-electron chi connectivity index (χ2n) is 5.60. The van der Waals surface area contributed by atoms with Gasteiger partial charge in [-0.25, -0.2) is 0 Å². The topological polar surface area (TPSA) is 51.4 Å². The SMILES string of the molecule is CC1(C)COCCN1c1c(N)cnc2ccccc12. The lowest BCUT2D eigenvalue weighted by Crippen LogP contribution is -2.53. The number of nitrogens with zero attached hydrogens (tertiary/aromatic N) is 2. The first kappa shape index (κ1) is 12.2. The van der Waals surface area contributed by atoms with Gasteiger partial charge in [0, 0.05) is 11.9 Å². The summed E-state index contributed by atoms with van der Waals surface area (Å²) < 4.78 is 5.59. The molecule has 4 heteroatoms. The summed E-state index contributed by atoms with van der Waals surface area (Å²) in [5.74, 6) is 0. The molecule has 1 saturated heterocycles. The van der Waals surface area contributed by atoms with Crippen LogP contribution in [0.5, 0.6) is 0 Å². The van der Waals surface area contributed by atoms with E-state index in [1.807, 2.05) is 18.2 Å². The second kappa shape index (κ2) is 4.38. The smallest absolute Gasteiger partial charge is 0.0745 e. The van der Waals surface area contributed by atoms with Crippen LogP contribution in [0.4, 0.5) is 11.4 Å². The van der Waals surface area contributed by atoms with Crippen LogP contribution >= 0.6 is 0 Å². The average molecular weight is 257 g/mol. The zero-order valence-electron chi connectivity index (χ0n) is 11.4. The van der Waals surface area contributed by atoms with Gasteiger partial charge < -0.3 is 15.4 Å². The lowest BCUT2D eigenvalue weighted by atomic mass is 9.99. The number of nitrogen functional groups attached to an aromatic ring is 1. The zero-order chi connectivity index (χ0) is 13.5. The molecule has 1 fully saturated rings. The number of ether oxygens (including phenoxy) is 1. The van der Waals surface area contributed by atoms with Gasteiger partial charge in [-0.1, -0.05) is 18.2 Å². The van der Waals surface area contributed by atoms with Crippen LogP contribution in [0.25, 0.3) is 10.9 Å². The molecule has 3 rings (SSSR count). The Kier molecular flexibility index (Phi) is 2.82. The quantitative estimate of drug-likeness (QED) is 0.852. The van der Waals surface area contributed by atoms with E-state index in [9.17, 15) is 0 Å². The highest BCUT2D eigenvalue weighted by atomic mass is 16.5. The predicted octanol–water partition coefficient (Wildman–Crippen LogP) is 2.43. The Morgan fingerprint density at radius 3 is 2.89 bits per heavy atom. The Morgan fingerprint density at radius 2 is 2.11 bits per heavy atom. The van der Waals surface area contributed by atoms with Gasteiger partial charge in [0.15, 0.2) is 0 Å². The van der Waals surface area contributed by atoms with E-state index in [4.69, 9.17) is 10.5 Å². The Bertz CT molecular complexity index is 609. The van der Waals surface area contributed by atoms with Gasteiger partial charge in [-0.2, -0.15) is 0 Å². The molecule has 0 amide bonds. The monoisotopic (exact) mass is 257 g/mol. The minimum Gasteiger partial charge on any atom is -0.396 e. The first-order valence-corrected chi connectivity index (χ1v) is 6.58. The molecule has 0 radical (unpaired) electrons. The third kappa shape index (κ3) is 2.02. The van der Waals surface area contributed by atoms with Crippen molar-refractivity contribution < 1.29 is 4.74 Å². The highest BCUT2D eigenvalue weighted by molar-refractivity contribution is 5.97. The number of pyridine rings is 1. The summed E-state index contributed by atoms with van der Waals surface area (Å²) >= 11 is 0. The molecule has 4 nitrogen and oxygen atoms in total. The van der Waals surface area contributed by atoms with E-state index in [-0.39, 0.29) is 5.54 Å². The molecular weight excluding hydrogens is 238 g/mol. The summed E-state index contributed by atoms with van der Waals surface area (Å²) in [7, 11) is 0. The number of hydrogen-bond donors (Lipinski definition) is 1. The third-order valence-electron chi connectivity index (χ3n) is 3.69. The van der Waals surface area contributed by atoms with E-state index in [1.165, 1.54) is 0 Å². The molecule has 0 aliphatic carbocycles. The lowest BCUT2D eigenvalue weighted by Gasteiger charge is -2.44. The van der Waals surface area contributed by atoms with Crippen LogP contribution < -0.4 is 10.6 Å². The molecule has 19 heavy (non-hydrogen) atoms. The van der Waals surface area contributed by atoms with Gasteiger partial charge in [-0.15, -0.1) is 0 Å². The molecule has 2 aromatic rings. The standard InChI is InChI=1S/C15H19N3O/c1-15(2)10-19-8-7-18(15)14-11-5-3-4-6-13(11)17-9-12(14)16/h3-6,9H,7-8,10,16H2,1-2H3. The van der Waals surface area contributed by atoms with Crippen LogP contribution in [-0.4, -0.2) is 30.3 Å². The van der Waals surface area contributed by atoms with Gasteiger partial charge in [0.1, 0.15) is 0 Å². The molecule has 1 aromatic carbocycles. The van der Waals surface area contributed by atoms with Gasteiger partial charge in [-0.05, 0) is 19.9 Å². The third-order valence-corrected chi connectivity index (χ3v) is 3.69. The maximum absolute atomic E-state index is 6.19. The Morgan fingerprint density at radius 1 is 1.32 bits per heavy atom. The molecule has 0 saturated carbocycles. The number of anilines is 2. The van der Waals surface area contributed by atoms with Crippen molar-refractivity contribution in [2.24, 2.45) is 0 Å². The molecule has 100 valence electrons. The normalized spacial score (nSPS) is 18.7. The lowest BCUT2D eigenvalue weighted by molar-refractivity contribution is 0.0646. The Labute approximate surface area is 113 Å². The number of para-hydroxylation sites is 1. The largest absolute Gasteiger partial charge is 0.396 e. The van der Waals surface area contributed by atoms with E-state index in [0.29, 0.717) is 6.61 Å². The van der Waals surface area contributed by atoms with Crippen molar-refractivity contribution >= 4 is 22.3 Å². The molecule has 0 bridgehead atoms. The minimum absolute atomic E-state index is 0.0590. The van der Waals surface area contributed by atoms with Crippen LogP contribution in [0.1, 0.15) is 13.8 Å². The van der Waals surface area contributed by atoms with Crippen molar-refractivity contribution in [1.29, 1.82) is 0 Å². The number of benzene rings is 1. The molecule has 2 N–H and O–H groups in total. The van der Waals surface area contributed by atoms with Gasteiger partial charge in [0.05, 0.1) is 41.8 Å². The number of fused-ring (bicyclic) bond motifs is 1. The van der Waals surface area contributed by atoms with Gasteiger partial charge in [0.25, 0.3) is 0 Å². The van der Waals surface area contributed by atoms with Crippen molar-refractivity contribution in [3.05, 3.63) is 30.5 Å². The van der Waals surface area contributed by atoms with Gasteiger partial charge in [0.2, 0.25) is 0 Å². The van der Waals surface area contributed by atoms with Crippen molar-refractivity contribution in [2.45, 2.75) is 19.4 Å². The molecule has 0 atom stereocenters.